The number of carbonyl (C=O) groups is 1. The number of hydrogen-bond acceptors (Lipinski definition) is 31. The number of rotatable bonds is 8. The third-order valence-electron chi connectivity index (χ3n) is 13.9. The van der Waals surface area contributed by atoms with Crippen LogP contribution in [0.5, 0.6) is 0 Å². The lowest BCUT2D eigenvalue weighted by atomic mass is 9.94. The van der Waals surface area contributed by atoms with Gasteiger partial charge in [-0.25, -0.2) is 0 Å². The molecule has 422 valence electrons. The number of aliphatic hydroxyl groups excluding tert-OH is 17. The average Bonchev–Trinajstić information content (AvgIpc) is 3.40. The van der Waals surface area contributed by atoms with E-state index in [2.05, 4.69) is 10.3 Å². The van der Waals surface area contributed by atoms with Crippen molar-refractivity contribution in [1.29, 1.82) is 0 Å². The molecular formula is C42H64N2O30. The summed E-state index contributed by atoms with van der Waals surface area (Å²) in [4.78, 5) is 17.0. The second kappa shape index (κ2) is 24.6. The minimum Gasteiger partial charge on any atom is -0.394 e. The van der Waals surface area contributed by atoms with Crippen molar-refractivity contribution in [1.82, 2.24) is 10.3 Å². The molecular weight excluding hydrogens is 1010 g/mol. The minimum atomic E-state index is -2.19. The standard InChI is InChI=1S/C42H64N2O30/c45-6-13-31-20(52)26(58)39(65-13)72-33-15(8-47)67-41(28(60)22(33)54)74-35-17(10-49)68-42(29(61)23(35)55)73-34-16(9-48)66-40(27(59)21(34)53)71-32-14(7-46)64-38(25(57)19(32)51)69-30-12(63-37(70-31)24(56)18(30)50)5-44-36(62)11-1-3-43-4-2-11/h1-4,12-35,37-42,45-61H,5-10H2,(H,44,62)/t12-,13-,14-,15-,16-,17-,18-,19-,20-,21-,22-,23-,24-,25-,26-,27-,28-,29-,30-,31-,32-,33-,34-,35-,37-,38-,39-,40-,41-,42-/m1/s1. The normalized spacial score (nSPS) is 50.5. The summed E-state index contributed by atoms with van der Waals surface area (Å²) in [6, 6.07) is 2.71. The predicted octanol–water partition coefficient (Wildman–Crippen LogP) is -12.2. The van der Waals surface area contributed by atoms with Crippen LogP contribution in [0.2, 0.25) is 0 Å². The van der Waals surface area contributed by atoms with Gasteiger partial charge < -0.3 is 149 Å². The minimum absolute atomic E-state index is 0.102. The number of nitrogens with one attached hydrogen (secondary N) is 1. The van der Waals surface area contributed by atoms with Crippen molar-refractivity contribution in [2.24, 2.45) is 0 Å². The van der Waals surface area contributed by atoms with E-state index in [1.165, 1.54) is 24.5 Å². The molecule has 22 aliphatic heterocycles. The van der Waals surface area contributed by atoms with Crippen LogP contribution in [0.3, 0.4) is 0 Å². The van der Waals surface area contributed by atoms with Crippen LogP contribution in [0.4, 0.5) is 0 Å². The number of nitrogens with zero attached hydrogens (tertiary/aromatic N) is 1. The van der Waals surface area contributed by atoms with Gasteiger partial charge in [0.15, 0.2) is 37.7 Å². The first-order chi connectivity index (χ1) is 35.3. The quantitative estimate of drug-likeness (QED) is 0.115. The van der Waals surface area contributed by atoms with E-state index in [1.54, 1.807) is 0 Å². The van der Waals surface area contributed by atoms with Crippen LogP contribution < -0.4 is 5.32 Å². The SMILES string of the molecule is O=C(NC[C@H]1O[C@@H]2O[C@H]3[C@H](O)[C@@H](O)[C@@H](O[C@H]4[C@H](O)[C@@H](O)[C@@H](O[C@H]5[C@H](O)[C@@H](O)[C@@H](O[C@H]6[C@H](O)[C@@H](O)[C@@H](O[C@H]7[C@H](O)[C@@H](O)[C@@H](O[C@H]1[C@H](O)[C@H]2O)O[C@@H]7CO)O[C@@H]6CO)O[C@@H]5CO)O[C@@H]4CO)O[C@@H]3CO)c1ccncc1. The molecule has 1 amide bonds. The first kappa shape index (κ1) is 57.6. The summed E-state index contributed by atoms with van der Waals surface area (Å²) in [5.74, 6) is -0.718. The smallest absolute Gasteiger partial charge is 0.251 e. The van der Waals surface area contributed by atoms with Gasteiger partial charge in [-0.2, -0.15) is 0 Å². The Labute approximate surface area is 418 Å². The van der Waals surface area contributed by atoms with Gasteiger partial charge >= 0.3 is 0 Å². The van der Waals surface area contributed by atoms with Crippen LogP contribution in [-0.2, 0) is 56.8 Å². The number of pyridine rings is 1. The highest BCUT2D eigenvalue weighted by molar-refractivity contribution is 5.93. The summed E-state index contributed by atoms with van der Waals surface area (Å²) in [6.07, 6.45) is -56.7. The fourth-order valence-electron chi connectivity index (χ4n) is 9.74. The van der Waals surface area contributed by atoms with Crippen molar-refractivity contribution >= 4 is 5.91 Å². The molecule has 0 aromatic carbocycles. The molecule has 32 nitrogen and oxygen atoms in total. The van der Waals surface area contributed by atoms with E-state index in [-0.39, 0.29) is 5.56 Å². The second-order valence-corrected chi connectivity index (χ2v) is 18.6. The molecule has 22 fully saturated rings. The summed E-state index contributed by atoms with van der Waals surface area (Å²) in [5, 5.41) is 191. The van der Waals surface area contributed by atoms with E-state index in [1.807, 2.05) is 0 Å². The highest BCUT2D eigenvalue weighted by atomic mass is 16.8. The molecule has 0 unspecified atom stereocenters. The highest BCUT2D eigenvalue weighted by Gasteiger charge is 2.58. The van der Waals surface area contributed by atoms with E-state index in [0.717, 1.165) is 0 Å². The molecule has 0 radical (unpaired) electrons. The summed E-state index contributed by atoms with van der Waals surface area (Å²) < 4.78 is 69.2. The molecule has 0 spiro atoms. The second-order valence-electron chi connectivity index (χ2n) is 18.6. The Bertz CT molecular complexity index is 1930. The Balaban J connectivity index is 1.11. The lowest BCUT2D eigenvalue weighted by Gasteiger charge is -2.50. The molecule has 22 saturated heterocycles. The van der Waals surface area contributed by atoms with Crippen molar-refractivity contribution in [3.8, 4) is 0 Å². The van der Waals surface area contributed by atoms with Gasteiger partial charge in [-0.05, 0) is 12.1 Å². The maximum absolute atomic E-state index is 13.2. The Hall–Kier alpha value is -2.54. The summed E-state index contributed by atoms with van der Waals surface area (Å²) in [7, 11) is 0. The maximum atomic E-state index is 13.2. The molecule has 32 heteroatoms. The molecule has 23 heterocycles. The lowest BCUT2D eigenvalue weighted by Crippen LogP contribution is -2.69. The molecule has 0 saturated carbocycles. The number of ether oxygens (including phenoxy) is 12. The van der Waals surface area contributed by atoms with E-state index in [9.17, 15) is 91.6 Å². The molecule has 74 heavy (non-hydrogen) atoms. The molecule has 18 N–H and O–H groups in total. The first-order valence-electron chi connectivity index (χ1n) is 23.6. The lowest BCUT2D eigenvalue weighted by molar-refractivity contribution is -0.403. The number of aliphatic hydroxyl groups is 17. The maximum Gasteiger partial charge on any atom is 0.251 e. The topological polar surface area (TPSA) is 497 Å². The van der Waals surface area contributed by atoms with Crippen LogP contribution in [0, 0.1) is 0 Å². The van der Waals surface area contributed by atoms with Crippen LogP contribution in [0.1, 0.15) is 10.4 Å². The Morgan fingerprint density at radius 3 is 0.797 bits per heavy atom. The summed E-state index contributed by atoms with van der Waals surface area (Å²) >= 11 is 0. The summed E-state index contributed by atoms with van der Waals surface area (Å²) in [5.41, 5.74) is 0.102. The van der Waals surface area contributed by atoms with Gasteiger partial charge in [0, 0.05) is 24.5 Å². The fraction of sp³-hybridized carbons (Fsp3) is 0.857. The zero-order valence-electron chi connectivity index (χ0n) is 38.7. The van der Waals surface area contributed by atoms with Gasteiger partial charge in [0.2, 0.25) is 0 Å². The van der Waals surface area contributed by atoms with Crippen molar-refractivity contribution in [3.63, 3.8) is 0 Å². The van der Waals surface area contributed by atoms with Crippen molar-refractivity contribution < 1.29 is 148 Å². The van der Waals surface area contributed by atoms with Gasteiger partial charge in [-0.15, -0.1) is 0 Å². The van der Waals surface area contributed by atoms with Gasteiger partial charge in [-0.1, -0.05) is 0 Å². The molecule has 23 rings (SSSR count). The molecule has 22 aliphatic rings. The van der Waals surface area contributed by atoms with Gasteiger partial charge in [0.25, 0.3) is 5.91 Å². The van der Waals surface area contributed by atoms with Crippen LogP contribution >= 0.6 is 0 Å². The Morgan fingerprint density at radius 2 is 0.568 bits per heavy atom. The van der Waals surface area contributed by atoms with Crippen molar-refractivity contribution in [3.05, 3.63) is 30.1 Å². The third-order valence-corrected chi connectivity index (χ3v) is 13.9. The van der Waals surface area contributed by atoms with Crippen molar-refractivity contribution in [2.75, 3.05) is 39.6 Å². The number of carbonyl (C=O) groups excluding carboxylic acids is 1. The van der Waals surface area contributed by atoms with E-state index < -0.39 is 230 Å². The number of hydrogen-bond donors (Lipinski definition) is 18. The predicted molar refractivity (Wildman–Crippen MR) is 225 cm³/mol. The van der Waals surface area contributed by atoms with Gasteiger partial charge in [0.1, 0.15) is 146 Å². The Kier molecular flexibility index (Phi) is 19.2. The number of amides is 1. The summed E-state index contributed by atoms with van der Waals surface area (Å²) in [6.45, 7) is -5.68. The zero-order valence-corrected chi connectivity index (χ0v) is 38.7. The van der Waals surface area contributed by atoms with Gasteiger partial charge in [0.05, 0.1) is 33.0 Å². The van der Waals surface area contributed by atoms with Crippen LogP contribution in [0.15, 0.2) is 24.5 Å². The largest absolute Gasteiger partial charge is 0.394 e. The van der Waals surface area contributed by atoms with Crippen molar-refractivity contribution in [2.45, 2.75) is 184 Å². The van der Waals surface area contributed by atoms with Crippen LogP contribution in [-0.4, -0.2) is 322 Å². The third kappa shape index (κ3) is 11.5. The molecule has 1 aromatic rings. The fourth-order valence-corrected chi connectivity index (χ4v) is 9.74. The van der Waals surface area contributed by atoms with E-state index in [4.69, 9.17) is 56.8 Å². The number of aromatic nitrogens is 1. The average molecular weight is 1080 g/mol. The zero-order chi connectivity index (χ0) is 53.4. The molecule has 12 bridgehead atoms. The van der Waals surface area contributed by atoms with E-state index >= 15 is 0 Å². The first-order valence-corrected chi connectivity index (χ1v) is 23.6. The van der Waals surface area contributed by atoms with Crippen LogP contribution in [0.25, 0.3) is 0 Å². The molecule has 30 atom stereocenters. The Morgan fingerprint density at radius 1 is 0.351 bits per heavy atom. The highest BCUT2D eigenvalue weighted by Crippen LogP contribution is 2.38. The molecule has 0 aliphatic carbocycles. The monoisotopic (exact) mass is 1080 g/mol. The van der Waals surface area contributed by atoms with Gasteiger partial charge in [-0.3, -0.25) is 9.78 Å². The van der Waals surface area contributed by atoms with E-state index in [0.29, 0.717) is 0 Å². The molecule has 1 aromatic heterocycles.